The fourth-order valence-electron chi connectivity index (χ4n) is 4.59. The Kier molecular flexibility index (Phi) is 6.02. The number of hydrogen-bond donors (Lipinski definition) is 0. The summed E-state index contributed by atoms with van der Waals surface area (Å²) in [5.74, 6) is 2.33. The minimum atomic E-state index is 0.0847. The largest absolute Gasteiger partial charge is 0.363 e. The van der Waals surface area contributed by atoms with Gasteiger partial charge in [0.2, 0.25) is 0 Å². The fraction of sp³-hybridized carbons (Fsp3) is 0.200. The van der Waals surface area contributed by atoms with Crippen molar-refractivity contribution in [1.29, 1.82) is 0 Å². The third kappa shape index (κ3) is 4.63. The maximum absolute atomic E-state index is 7.15. The molecule has 2 fully saturated rings. The molecule has 2 aliphatic rings. The molecule has 4 aromatic rings. The maximum atomic E-state index is 7.15. The van der Waals surface area contributed by atoms with Crippen LogP contribution in [0.15, 0.2) is 109 Å². The van der Waals surface area contributed by atoms with E-state index in [0.29, 0.717) is 10.5 Å². The summed E-state index contributed by atoms with van der Waals surface area (Å²) >= 11 is 4.03. The Hall–Kier alpha value is -2.46. The molecule has 2 aliphatic heterocycles. The lowest BCUT2D eigenvalue weighted by molar-refractivity contribution is -0.00460. The van der Waals surface area contributed by atoms with E-state index in [1.54, 1.807) is 0 Å². The van der Waals surface area contributed by atoms with E-state index in [1.165, 1.54) is 44.9 Å². The Morgan fingerprint density at radius 2 is 0.879 bits per heavy atom. The molecule has 2 saturated heterocycles. The molecule has 4 aromatic carbocycles. The van der Waals surface area contributed by atoms with Crippen LogP contribution in [0.4, 0.5) is 0 Å². The zero-order valence-corrected chi connectivity index (χ0v) is 20.0. The summed E-state index contributed by atoms with van der Waals surface area (Å²) in [6, 6.07) is 39.1. The quantitative estimate of drug-likeness (QED) is 0.243. The molecule has 0 aromatic heterocycles. The third-order valence-electron chi connectivity index (χ3n) is 6.39. The Labute approximate surface area is 204 Å². The normalized spacial score (nSPS) is 20.7. The maximum Gasteiger partial charge on any atom is 0.0966 e. The average Bonchev–Trinajstić information content (AvgIpc) is 3.81. The van der Waals surface area contributed by atoms with E-state index in [1.807, 2.05) is 23.5 Å². The van der Waals surface area contributed by atoms with Gasteiger partial charge in [0, 0.05) is 22.0 Å². The van der Waals surface area contributed by atoms with Crippen LogP contribution in [0.25, 0.3) is 22.3 Å². The summed E-state index contributed by atoms with van der Waals surface area (Å²) in [5, 5.41) is 1.04. The average molecular weight is 467 g/mol. The van der Waals surface area contributed by atoms with Crippen molar-refractivity contribution in [2.45, 2.75) is 22.7 Å². The first-order valence-corrected chi connectivity index (χ1v) is 13.7. The molecule has 0 radical (unpaired) electrons. The Balaban J connectivity index is 1.39. The Morgan fingerprint density at radius 3 is 1.27 bits per heavy atom. The second-order valence-electron chi connectivity index (χ2n) is 8.63. The van der Waals surface area contributed by atoms with Crippen LogP contribution in [-0.2, 0) is 4.74 Å². The van der Waals surface area contributed by atoms with Crippen molar-refractivity contribution in [2.24, 2.45) is 0 Å². The van der Waals surface area contributed by atoms with E-state index in [4.69, 9.17) is 4.74 Å². The van der Waals surface area contributed by atoms with Gasteiger partial charge in [-0.2, -0.15) is 23.5 Å². The summed E-state index contributed by atoms with van der Waals surface area (Å²) in [6.07, 6.45) is 0.169. The summed E-state index contributed by atoms with van der Waals surface area (Å²) in [4.78, 5) is 0. The minimum Gasteiger partial charge on any atom is -0.363 e. The van der Waals surface area contributed by atoms with Gasteiger partial charge in [-0.25, -0.2) is 0 Å². The highest BCUT2D eigenvalue weighted by molar-refractivity contribution is 8.07. The van der Waals surface area contributed by atoms with Gasteiger partial charge in [-0.15, -0.1) is 0 Å². The second kappa shape index (κ2) is 9.42. The van der Waals surface area contributed by atoms with Gasteiger partial charge < -0.3 is 4.74 Å². The molecule has 4 atom stereocenters. The fourth-order valence-corrected chi connectivity index (χ4v) is 5.94. The first-order valence-electron chi connectivity index (χ1n) is 11.6. The monoisotopic (exact) mass is 466 g/mol. The second-order valence-corrected chi connectivity index (χ2v) is 11.2. The highest BCUT2D eigenvalue weighted by Gasteiger charge is 2.42. The number of hydrogen-bond acceptors (Lipinski definition) is 3. The Bertz CT molecular complexity index is 1120. The molecular weight excluding hydrogens is 440 g/mol. The van der Waals surface area contributed by atoms with Crippen LogP contribution in [0.2, 0.25) is 0 Å². The van der Waals surface area contributed by atoms with Gasteiger partial charge in [-0.1, -0.05) is 109 Å². The standard InChI is InChI=1S/C30H26OS2/c1-3-11-21(12-4-1)23-15-7-9-17-25(23)29(27-19-32-27)31-30(28-20-33-28)26-18-10-8-16-24(26)22-13-5-2-6-14-22/h1-18,27-30H,19-20H2. The number of rotatable bonds is 8. The topological polar surface area (TPSA) is 9.23 Å². The van der Waals surface area contributed by atoms with Crippen LogP contribution < -0.4 is 0 Å². The van der Waals surface area contributed by atoms with Crippen molar-refractivity contribution in [3.05, 3.63) is 120 Å². The van der Waals surface area contributed by atoms with E-state index < -0.39 is 0 Å². The molecule has 1 nitrogen and oxygen atoms in total. The van der Waals surface area contributed by atoms with Crippen LogP contribution in [-0.4, -0.2) is 22.0 Å². The molecule has 0 amide bonds. The summed E-state index contributed by atoms with van der Waals surface area (Å²) in [7, 11) is 0. The van der Waals surface area contributed by atoms with Gasteiger partial charge in [-0.05, 0) is 33.4 Å². The van der Waals surface area contributed by atoms with E-state index in [-0.39, 0.29) is 12.2 Å². The van der Waals surface area contributed by atoms with Crippen LogP contribution >= 0.6 is 23.5 Å². The molecule has 0 aliphatic carbocycles. The van der Waals surface area contributed by atoms with E-state index in [0.717, 1.165) is 0 Å². The van der Waals surface area contributed by atoms with E-state index in [9.17, 15) is 0 Å². The van der Waals surface area contributed by atoms with Crippen molar-refractivity contribution < 1.29 is 4.74 Å². The van der Waals surface area contributed by atoms with Crippen molar-refractivity contribution >= 4 is 23.5 Å². The lowest BCUT2D eigenvalue weighted by Crippen LogP contribution is -2.19. The summed E-state index contributed by atoms with van der Waals surface area (Å²) in [5.41, 5.74) is 7.71. The number of thioether (sulfide) groups is 2. The van der Waals surface area contributed by atoms with E-state index >= 15 is 0 Å². The number of ether oxygens (including phenoxy) is 1. The highest BCUT2D eigenvalue weighted by atomic mass is 32.2. The van der Waals surface area contributed by atoms with Gasteiger partial charge >= 0.3 is 0 Å². The SMILES string of the molecule is c1ccc(-c2ccccc2C(OC(c2ccccc2-c2ccccc2)C2CS2)C2CS2)cc1. The molecular formula is C30H26OS2. The Morgan fingerprint density at radius 1 is 0.515 bits per heavy atom. The molecule has 0 N–H and O–H groups in total. The van der Waals surface area contributed by atoms with Crippen molar-refractivity contribution in [3.63, 3.8) is 0 Å². The van der Waals surface area contributed by atoms with Crippen molar-refractivity contribution in [3.8, 4) is 22.3 Å². The number of benzene rings is 4. The molecule has 33 heavy (non-hydrogen) atoms. The highest BCUT2D eigenvalue weighted by Crippen LogP contribution is 2.52. The van der Waals surface area contributed by atoms with Gasteiger partial charge in [-0.3, -0.25) is 0 Å². The van der Waals surface area contributed by atoms with Crippen LogP contribution in [0.3, 0.4) is 0 Å². The molecule has 3 heteroatoms. The summed E-state index contributed by atoms with van der Waals surface area (Å²) in [6.45, 7) is 0. The first kappa shape index (κ1) is 21.1. The van der Waals surface area contributed by atoms with Gasteiger partial charge in [0.05, 0.1) is 12.2 Å². The zero-order chi connectivity index (χ0) is 22.0. The van der Waals surface area contributed by atoms with E-state index in [2.05, 4.69) is 109 Å². The lowest BCUT2D eigenvalue weighted by atomic mass is 9.93. The van der Waals surface area contributed by atoms with Crippen molar-refractivity contribution in [1.82, 2.24) is 0 Å². The summed E-state index contributed by atoms with van der Waals surface area (Å²) < 4.78 is 7.15. The predicted molar refractivity (Wildman–Crippen MR) is 143 cm³/mol. The van der Waals surface area contributed by atoms with Crippen LogP contribution in [0.5, 0.6) is 0 Å². The van der Waals surface area contributed by atoms with Gasteiger partial charge in [0.25, 0.3) is 0 Å². The van der Waals surface area contributed by atoms with Gasteiger partial charge in [0.1, 0.15) is 0 Å². The molecule has 4 unspecified atom stereocenters. The van der Waals surface area contributed by atoms with Crippen LogP contribution in [0.1, 0.15) is 23.3 Å². The molecule has 6 rings (SSSR count). The van der Waals surface area contributed by atoms with Gasteiger partial charge in [0.15, 0.2) is 0 Å². The molecule has 2 heterocycles. The lowest BCUT2D eigenvalue weighted by Gasteiger charge is -2.28. The molecule has 0 saturated carbocycles. The molecule has 164 valence electrons. The minimum absolute atomic E-state index is 0.0847. The third-order valence-corrected chi connectivity index (χ3v) is 8.32. The van der Waals surface area contributed by atoms with Crippen molar-refractivity contribution in [2.75, 3.05) is 11.5 Å². The smallest absolute Gasteiger partial charge is 0.0966 e. The molecule has 0 bridgehead atoms. The zero-order valence-electron chi connectivity index (χ0n) is 18.3. The molecule has 0 spiro atoms. The predicted octanol–water partition coefficient (Wildman–Crippen LogP) is 8.05. The van der Waals surface area contributed by atoms with Crippen LogP contribution in [0, 0.1) is 0 Å². The first-order chi connectivity index (χ1) is 16.4.